The van der Waals surface area contributed by atoms with Crippen LogP contribution in [0.3, 0.4) is 0 Å². The number of rotatable bonds is 3. The summed E-state index contributed by atoms with van der Waals surface area (Å²) in [4.78, 5) is 38.5. The summed E-state index contributed by atoms with van der Waals surface area (Å²) in [6, 6.07) is 14.2. The fraction of sp³-hybridized carbons (Fsp3) is 0.143. The highest BCUT2D eigenvalue weighted by Crippen LogP contribution is 2.17. The van der Waals surface area contributed by atoms with Crippen LogP contribution in [0.4, 0.5) is 0 Å². The first kappa shape index (κ1) is 15.1. The van der Waals surface area contributed by atoms with Crippen LogP contribution >= 0.6 is 0 Å². The van der Waals surface area contributed by atoms with E-state index in [0.29, 0.717) is 10.4 Å². The van der Waals surface area contributed by atoms with Crippen LogP contribution in [0.15, 0.2) is 48.5 Å². The highest BCUT2D eigenvalue weighted by atomic mass is 28.4. The molecule has 20 heavy (non-hydrogen) atoms. The molecule has 106 valence electrons. The Morgan fingerprint density at radius 1 is 0.550 bits per heavy atom. The highest BCUT2D eigenvalue weighted by molar-refractivity contribution is 6.77. The summed E-state index contributed by atoms with van der Waals surface area (Å²) in [7, 11) is -6.50. The van der Waals surface area contributed by atoms with E-state index in [-0.39, 0.29) is 0 Å². The highest BCUT2D eigenvalue weighted by Gasteiger charge is 2.25. The molecular weight excluding hydrogens is 288 g/mol. The van der Waals surface area contributed by atoms with Gasteiger partial charge in [-0.15, -0.1) is 0 Å². The van der Waals surface area contributed by atoms with Gasteiger partial charge in [-0.05, 0) is 34.6 Å². The van der Waals surface area contributed by atoms with Gasteiger partial charge in [0.05, 0.1) is 0 Å². The van der Waals surface area contributed by atoms with Crippen molar-refractivity contribution in [3.05, 3.63) is 48.5 Å². The van der Waals surface area contributed by atoms with Gasteiger partial charge in [0, 0.05) is 0 Å². The maximum atomic E-state index is 9.62. The van der Waals surface area contributed by atoms with Crippen LogP contribution in [0.2, 0.25) is 13.1 Å². The van der Waals surface area contributed by atoms with Crippen molar-refractivity contribution in [2.45, 2.75) is 13.1 Å². The molecule has 4 nitrogen and oxygen atoms in total. The molecule has 0 bridgehead atoms. The van der Waals surface area contributed by atoms with Gasteiger partial charge in [-0.1, -0.05) is 48.5 Å². The quantitative estimate of drug-likeness (QED) is 0.596. The fourth-order valence-electron chi connectivity index (χ4n) is 1.96. The molecule has 6 heteroatoms. The summed E-state index contributed by atoms with van der Waals surface area (Å²) >= 11 is 0. The number of hydrogen-bond donors (Lipinski definition) is 4. The van der Waals surface area contributed by atoms with Crippen molar-refractivity contribution < 1.29 is 19.2 Å². The predicted molar refractivity (Wildman–Crippen MR) is 83.3 cm³/mol. The van der Waals surface area contributed by atoms with Gasteiger partial charge >= 0.3 is 17.1 Å². The second-order valence-electron chi connectivity index (χ2n) is 5.20. The zero-order chi connectivity index (χ0) is 15.0. The van der Waals surface area contributed by atoms with Gasteiger partial charge in [-0.3, -0.25) is 0 Å². The van der Waals surface area contributed by atoms with Crippen molar-refractivity contribution in [3.8, 4) is 11.1 Å². The Labute approximate surface area is 120 Å². The van der Waals surface area contributed by atoms with E-state index in [9.17, 15) is 19.2 Å². The molecule has 0 fully saturated rings. The fourth-order valence-corrected chi connectivity index (χ4v) is 3.55. The molecule has 4 N–H and O–H groups in total. The third kappa shape index (κ3) is 3.42. The van der Waals surface area contributed by atoms with Crippen LogP contribution in [0.1, 0.15) is 0 Å². The van der Waals surface area contributed by atoms with E-state index in [0.717, 1.165) is 11.1 Å². The summed E-state index contributed by atoms with van der Waals surface area (Å²) in [6.07, 6.45) is 0. The van der Waals surface area contributed by atoms with Crippen molar-refractivity contribution in [2.24, 2.45) is 0 Å². The average Bonchev–Trinajstić information content (AvgIpc) is 2.37. The molecule has 2 aromatic rings. The van der Waals surface area contributed by atoms with E-state index in [1.807, 2.05) is 24.3 Å². The normalized spacial score (nSPS) is 12.5. The maximum Gasteiger partial charge on any atom is 0.363 e. The Bertz CT molecular complexity index is 525. The molecule has 0 spiro atoms. The van der Waals surface area contributed by atoms with Gasteiger partial charge in [0.1, 0.15) is 0 Å². The summed E-state index contributed by atoms with van der Waals surface area (Å²) in [6.45, 7) is 2.90. The second kappa shape index (κ2) is 5.25. The van der Waals surface area contributed by atoms with E-state index in [1.165, 1.54) is 13.1 Å². The molecular formula is C14H18O4Si2. The van der Waals surface area contributed by atoms with Crippen LogP contribution in [-0.2, 0) is 0 Å². The lowest BCUT2D eigenvalue weighted by Gasteiger charge is -2.14. The molecule has 0 heterocycles. The second-order valence-corrected chi connectivity index (χ2v) is 10.4. The zero-order valence-electron chi connectivity index (χ0n) is 11.4. The van der Waals surface area contributed by atoms with Crippen molar-refractivity contribution in [3.63, 3.8) is 0 Å². The first-order valence-corrected chi connectivity index (χ1v) is 11.1. The van der Waals surface area contributed by atoms with Gasteiger partial charge in [0.15, 0.2) is 0 Å². The topological polar surface area (TPSA) is 80.9 Å². The molecule has 0 saturated heterocycles. The largest absolute Gasteiger partial charge is 0.408 e. The van der Waals surface area contributed by atoms with Gasteiger partial charge < -0.3 is 19.2 Å². The predicted octanol–water partition coefficient (Wildman–Crippen LogP) is -0.119. The molecule has 0 aliphatic carbocycles. The molecule has 0 aromatic heterocycles. The number of benzene rings is 2. The lowest BCUT2D eigenvalue weighted by atomic mass is 10.1. The van der Waals surface area contributed by atoms with Gasteiger partial charge in [0.25, 0.3) is 0 Å². The van der Waals surface area contributed by atoms with Crippen molar-refractivity contribution in [1.29, 1.82) is 0 Å². The Kier molecular flexibility index (Phi) is 3.96. The zero-order valence-corrected chi connectivity index (χ0v) is 13.4. The monoisotopic (exact) mass is 306 g/mol. The van der Waals surface area contributed by atoms with Crippen molar-refractivity contribution >= 4 is 27.5 Å². The van der Waals surface area contributed by atoms with Crippen LogP contribution in [0.25, 0.3) is 11.1 Å². The summed E-state index contributed by atoms with van der Waals surface area (Å²) < 4.78 is 0. The molecule has 0 amide bonds. The van der Waals surface area contributed by atoms with E-state index in [1.54, 1.807) is 24.3 Å². The Balaban J connectivity index is 2.29. The lowest BCUT2D eigenvalue weighted by Crippen LogP contribution is -2.45. The van der Waals surface area contributed by atoms with Crippen LogP contribution in [-0.4, -0.2) is 36.3 Å². The molecule has 2 rings (SSSR count). The smallest absolute Gasteiger partial charge is 0.363 e. The standard InChI is InChI=1S/C14H18O4Si2/c1-19(15,16)13-7-3-11(4-8-13)12-5-9-14(10-6-12)20(2,17)18/h3-10,15-18H,1-2H3. The minimum atomic E-state index is -3.25. The molecule has 0 radical (unpaired) electrons. The molecule has 0 atom stereocenters. The minimum Gasteiger partial charge on any atom is -0.408 e. The third-order valence-corrected chi connectivity index (χ3v) is 6.05. The van der Waals surface area contributed by atoms with E-state index >= 15 is 0 Å². The Hall–Kier alpha value is -1.29. The van der Waals surface area contributed by atoms with E-state index in [4.69, 9.17) is 0 Å². The average molecular weight is 306 g/mol. The van der Waals surface area contributed by atoms with Crippen LogP contribution in [0.5, 0.6) is 0 Å². The molecule has 0 saturated carbocycles. The SMILES string of the molecule is C[Si](O)(O)c1ccc(-c2ccc([Si](C)(O)O)cc2)cc1. The minimum absolute atomic E-state index is 0.559. The number of hydrogen-bond acceptors (Lipinski definition) is 4. The van der Waals surface area contributed by atoms with Gasteiger partial charge in [-0.2, -0.15) is 0 Å². The first-order chi connectivity index (χ1) is 9.18. The van der Waals surface area contributed by atoms with Crippen LogP contribution < -0.4 is 10.4 Å². The molecule has 2 aromatic carbocycles. The Morgan fingerprint density at radius 2 is 0.800 bits per heavy atom. The Morgan fingerprint density at radius 3 is 1.00 bits per heavy atom. The summed E-state index contributed by atoms with van der Waals surface area (Å²) in [5.74, 6) is 0. The molecule has 0 aliphatic rings. The van der Waals surface area contributed by atoms with Crippen LogP contribution in [0, 0.1) is 0 Å². The summed E-state index contributed by atoms with van der Waals surface area (Å²) in [5, 5.41) is 1.12. The molecule has 0 unspecified atom stereocenters. The summed E-state index contributed by atoms with van der Waals surface area (Å²) in [5.41, 5.74) is 1.88. The van der Waals surface area contributed by atoms with Crippen molar-refractivity contribution in [2.75, 3.05) is 0 Å². The van der Waals surface area contributed by atoms with E-state index < -0.39 is 17.1 Å². The first-order valence-electron chi connectivity index (χ1n) is 6.29. The van der Waals surface area contributed by atoms with Crippen molar-refractivity contribution in [1.82, 2.24) is 0 Å². The molecule has 0 aliphatic heterocycles. The van der Waals surface area contributed by atoms with Gasteiger partial charge in [0.2, 0.25) is 0 Å². The van der Waals surface area contributed by atoms with Gasteiger partial charge in [-0.25, -0.2) is 0 Å². The lowest BCUT2D eigenvalue weighted by molar-refractivity contribution is 0.390. The maximum absolute atomic E-state index is 9.62. The third-order valence-electron chi connectivity index (χ3n) is 3.20. The van der Waals surface area contributed by atoms with E-state index in [2.05, 4.69) is 0 Å².